The molecule has 1 aliphatic rings. The van der Waals surface area contributed by atoms with Crippen molar-refractivity contribution < 1.29 is 18.8 Å². The number of piperazine rings is 1. The zero-order chi connectivity index (χ0) is 20.8. The van der Waals surface area contributed by atoms with Gasteiger partial charge in [0.15, 0.2) is 0 Å². The number of amides is 3. The van der Waals surface area contributed by atoms with Gasteiger partial charge in [0, 0.05) is 50.0 Å². The molecule has 0 saturated carbocycles. The Kier molecular flexibility index (Phi) is 6.56. The third-order valence-electron chi connectivity index (χ3n) is 4.59. The first-order valence-electron chi connectivity index (χ1n) is 9.35. The maximum atomic E-state index is 13.2. The summed E-state index contributed by atoms with van der Waals surface area (Å²) in [5.41, 5.74) is 1.62. The monoisotopic (exact) mass is 398 g/mol. The fourth-order valence-corrected chi connectivity index (χ4v) is 3.16. The predicted octanol–water partition coefficient (Wildman–Crippen LogP) is 2.18. The summed E-state index contributed by atoms with van der Waals surface area (Å²) >= 11 is 0. The second-order valence-corrected chi connectivity index (χ2v) is 6.89. The molecule has 2 N–H and O–H groups in total. The summed E-state index contributed by atoms with van der Waals surface area (Å²) in [6.45, 7) is 3.79. The average Bonchev–Trinajstić information content (AvgIpc) is 2.68. The number of anilines is 2. The lowest BCUT2D eigenvalue weighted by Gasteiger charge is -2.34. The molecule has 2 aromatic carbocycles. The molecule has 1 saturated heterocycles. The average molecular weight is 398 g/mol. The van der Waals surface area contributed by atoms with E-state index in [4.69, 9.17) is 0 Å². The van der Waals surface area contributed by atoms with E-state index in [0.29, 0.717) is 43.1 Å². The maximum absolute atomic E-state index is 13.2. The molecule has 3 amide bonds. The first-order chi connectivity index (χ1) is 13.9. The van der Waals surface area contributed by atoms with Gasteiger partial charge in [-0.15, -0.1) is 0 Å². The lowest BCUT2D eigenvalue weighted by molar-refractivity contribution is -0.117. The number of hydrogen-bond acceptors (Lipinski definition) is 4. The largest absolute Gasteiger partial charge is 0.336 e. The molecule has 1 aliphatic heterocycles. The van der Waals surface area contributed by atoms with Crippen molar-refractivity contribution in [2.24, 2.45) is 0 Å². The molecule has 0 atom stereocenters. The Hall–Kier alpha value is -3.26. The van der Waals surface area contributed by atoms with Crippen molar-refractivity contribution in [3.05, 3.63) is 59.9 Å². The van der Waals surface area contributed by atoms with Crippen LogP contribution < -0.4 is 10.6 Å². The van der Waals surface area contributed by atoms with Gasteiger partial charge >= 0.3 is 0 Å². The van der Waals surface area contributed by atoms with Crippen molar-refractivity contribution in [1.82, 2.24) is 9.80 Å². The van der Waals surface area contributed by atoms with E-state index in [1.165, 1.54) is 25.1 Å². The van der Waals surface area contributed by atoms with Crippen molar-refractivity contribution >= 4 is 29.1 Å². The Labute approximate surface area is 168 Å². The van der Waals surface area contributed by atoms with E-state index in [1.807, 2.05) is 4.90 Å². The molecule has 0 radical (unpaired) electrons. The minimum atomic E-state index is -0.403. The lowest BCUT2D eigenvalue weighted by atomic mass is 10.1. The normalized spacial score (nSPS) is 14.3. The van der Waals surface area contributed by atoms with Crippen LogP contribution in [0.1, 0.15) is 17.3 Å². The van der Waals surface area contributed by atoms with Crippen LogP contribution >= 0.6 is 0 Å². The van der Waals surface area contributed by atoms with Crippen molar-refractivity contribution in [3.63, 3.8) is 0 Å². The van der Waals surface area contributed by atoms with Gasteiger partial charge in [0.2, 0.25) is 11.8 Å². The highest BCUT2D eigenvalue weighted by Crippen LogP contribution is 2.14. The molecule has 0 spiro atoms. The van der Waals surface area contributed by atoms with Crippen LogP contribution in [0.15, 0.2) is 48.5 Å². The van der Waals surface area contributed by atoms with Crippen LogP contribution in [0.3, 0.4) is 0 Å². The Bertz CT molecular complexity index is 893. The highest BCUT2D eigenvalue weighted by atomic mass is 19.1. The van der Waals surface area contributed by atoms with Crippen molar-refractivity contribution in [1.29, 1.82) is 0 Å². The van der Waals surface area contributed by atoms with E-state index >= 15 is 0 Å². The molecule has 8 heteroatoms. The standard InChI is InChI=1S/C21H23FN4O3/c1-15(27)23-18-7-5-16(6-8-18)21(29)26-11-9-25(10-12-26)14-20(28)24-19-4-2-3-17(22)13-19/h2-8,13H,9-12,14H2,1H3,(H,23,27)(H,24,28). The first kappa shape index (κ1) is 20.5. The third-order valence-corrected chi connectivity index (χ3v) is 4.59. The molecule has 2 aromatic rings. The number of nitrogens with one attached hydrogen (secondary N) is 2. The summed E-state index contributed by atoms with van der Waals surface area (Å²) in [5, 5.41) is 5.34. The first-order valence-corrected chi connectivity index (χ1v) is 9.35. The minimum absolute atomic E-state index is 0.0803. The summed E-state index contributed by atoms with van der Waals surface area (Å²) < 4.78 is 13.2. The molecule has 1 fully saturated rings. The second-order valence-electron chi connectivity index (χ2n) is 6.89. The highest BCUT2D eigenvalue weighted by molar-refractivity contribution is 5.95. The number of carbonyl (C=O) groups is 3. The molecule has 0 aliphatic carbocycles. The number of rotatable bonds is 5. The quantitative estimate of drug-likeness (QED) is 0.809. The molecule has 3 rings (SSSR count). The topological polar surface area (TPSA) is 81.8 Å². The molecule has 0 unspecified atom stereocenters. The highest BCUT2D eigenvalue weighted by Gasteiger charge is 2.23. The molecule has 0 aromatic heterocycles. The molecular formula is C21H23FN4O3. The van der Waals surface area contributed by atoms with Gasteiger partial charge in [-0.2, -0.15) is 0 Å². The van der Waals surface area contributed by atoms with E-state index in [2.05, 4.69) is 10.6 Å². The predicted molar refractivity (Wildman–Crippen MR) is 108 cm³/mol. The SMILES string of the molecule is CC(=O)Nc1ccc(C(=O)N2CCN(CC(=O)Nc3cccc(F)c3)CC2)cc1. The van der Waals surface area contributed by atoms with Gasteiger partial charge in [0.05, 0.1) is 6.54 Å². The van der Waals surface area contributed by atoms with Crippen LogP contribution in [0.25, 0.3) is 0 Å². The van der Waals surface area contributed by atoms with Crippen LogP contribution in [0, 0.1) is 5.82 Å². The van der Waals surface area contributed by atoms with Gasteiger partial charge in [-0.05, 0) is 42.5 Å². The zero-order valence-electron chi connectivity index (χ0n) is 16.2. The van der Waals surface area contributed by atoms with Crippen molar-refractivity contribution in [3.8, 4) is 0 Å². The fourth-order valence-electron chi connectivity index (χ4n) is 3.16. The van der Waals surface area contributed by atoms with E-state index in [1.54, 1.807) is 35.2 Å². The Morgan fingerprint density at radius 2 is 1.62 bits per heavy atom. The van der Waals surface area contributed by atoms with E-state index in [9.17, 15) is 18.8 Å². The van der Waals surface area contributed by atoms with Gasteiger partial charge in [-0.25, -0.2) is 4.39 Å². The van der Waals surface area contributed by atoms with E-state index < -0.39 is 5.82 Å². The number of carbonyl (C=O) groups excluding carboxylic acids is 3. The summed E-state index contributed by atoms with van der Waals surface area (Å²) in [4.78, 5) is 39.6. The van der Waals surface area contributed by atoms with Crippen molar-refractivity contribution in [2.45, 2.75) is 6.92 Å². The Morgan fingerprint density at radius 1 is 0.931 bits per heavy atom. The molecule has 7 nitrogen and oxygen atoms in total. The summed E-state index contributed by atoms with van der Waals surface area (Å²) in [6, 6.07) is 12.5. The Balaban J connectivity index is 1.47. The summed E-state index contributed by atoms with van der Waals surface area (Å²) in [7, 11) is 0. The Morgan fingerprint density at radius 3 is 2.24 bits per heavy atom. The van der Waals surface area contributed by atoms with Gasteiger partial charge in [0.25, 0.3) is 5.91 Å². The molecule has 1 heterocycles. The third kappa shape index (κ3) is 5.86. The minimum Gasteiger partial charge on any atom is -0.336 e. The van der Waals surface area contributed by atoms with Gasteiger partial charge < -0.3 is 15.5 Å². The molecule has 0 bridgehead atoms. The zero-order valence-corrected chi connectivity index (χ0v) is 16.2. The van der Waals surface area contributed by atoms with Crippen LogP contribution in [0.5, 0.6) is 0 Å². The van der Waals surface area contributed by atoms with Gasteiger partial charge in [-0.3, -0.25) is 19.3 Å². The van der Waals surface area contributed by atoms with Crippen LogP contribution in [0.4, 0.5) is 15.8 Å². The van der Waals surface area contributed by atoms with E-state index in [-0.39, 0.29) is 24.3 Å². The number of hydrogen-bond donors (Lipinski definition) is 2. The van der Waals surface area contributed by atoms with Crippen LogP contribution in [-0.2, 0) is 9.59 Å². The fraction of sp³-hybridized carbons (Fsp3) is 0.286. The van der Waals surface area contributed by atoms with Crippen LogP contribution in [0.2, 0.25) is 0 Å². The summed E-state index contributed by atoms with van der Waals surface area (Å²) in [5.74, 6) is -0.867. The maximum Gasteiger partial charge on any atom is 0.253 e. The smallest absolute Gasteiger partial charge is 0.253 e. The summed E-state index contributed by atoms with van der Waals surface area (Å²) in [6.07, 6.45) is 0. The molecule has 152 valence electrons. The molecular weight excluding hydrogens is 375 g/mol. The van der Waals surface area contributed by atoms with Crippen LogP contribution in [-0.4, -0.2) is 60.2 Å². The van der Waals surface area contributed by atoms with Crippen molar-refractivity contribution in [2.75, 3.05) is 43.4 Å². The van der Waals surface area contributed by atoms with Gasteiger partial charge in [0.1, 0.15) is 5.82 Å². The number of benzene rings is 2. The molecule has 29 heavy (non-hydrogen) atoms. The number of halogens is 1. The second kappa shape index (κ2) is 9.29. The van der Waals surface area contributed by atoms with E-state index in [0.717, 1.165) is 0 Å². The van der Waals surface area contributed by atoms with Gasteiger partial charge in [-0.1, -0.05) is 6.07 Å². The number of nitrogens with zero attached hydrogens (tertiary/aromatic N) is 2. The lowest BCUT2D eigenvalue weighted by Crippen LogP contribution is -2.50.